The quantitative estimate of drug-likeness (QED) is 0.143. The number of benzene rings is 2. The van der Waals surface area contributed by atoms with Gasteiger partial charge in [0, 0.05) is 24.7 Å². The van der Waals surface area contributed by atoms with E-state index in [1.165, 1.54) is 12.0 Å². The normalized spacial score (nSPS) is 20.7. The van der Waals surface area contributed by atoms with Crippen LogP contribution >= 0.6 is 0 Å². The van der Waals surface area contributed by atoms with Gasteiger partial charge >= 0.3 is 12.1 Å². The van der Waals surface area contributed by atoms with Crippen LogP contribution in [0.15, 0.2) is 59.5 Å². The highest BCUT2D eigenvalue weighted by molar-refractivity contribution is 7.91. The minimum Gasteiger partial charge on any atom is -0.467 e. The molecule has 2 saturated heterocycles. The molecule has 1 N–H and O–H groups in total. The average Bonchev–Trinajstić information content (AvgIpc) is 3.53. The summed E-state index contributed by atoms with van der Waals surface area (Å²) in [5.41, 5.74) is 0.555. The van der Waals surface area contributed by atoms with Crippen molar-refractivity contribution in [3.63, 3.8) is 0 Å². The first kappa shape index (κ1) is 35.3. The Morgan fingerprint density at radius 2 is 1.72 bits per heavy atom. The number of esters is 1. The number of sulfone groups is 1. The topological polar surface area (TPSA) is 183 Å². The fraction of sp³-hybridized carbons (Fsp3) is 0.500. The van der Waals surface area contributed by atoms with Crippen molar-refractivity contribution in [3.05, 3.63) is 70.3 Å². The second-order valence-corrected chi connectivity index (χ2v) is 14.2. The molecular weight excluding hydrogens is 632 g/mol. The lowest BCUT2D eigenvalue weighted by Crippen LogP contribution is -2.66. The maximum atomic E-state index is 13.7. The van der Waals surface area contributed by atoms with E-state index in [9.17, 15) is 37.7 Å². The minimum absolute atomic E-state index is 0.107. The van der Waals surface area contributed by atoms with Crippen LogP contribution < -0.4 is 5.32 Å². The molecule has 0 radical (unpaired) electrons. The van der Waals surface area contributed by atoms with Crippen molar-refractivity contribution in [2.24, 2.45) is 11.8 Å². The zero-order chi connectivity index (χ0) is 34.5. The van der Waals surface area contributed by atoms with E-state index < -0.39 is 75.2 Å². The number of hydrogen-bond acceptors (Lipinski definition) is 10. The van der Waals surface area contributed by atoms with Gasteiger partial charge in [0.15, 0.2) is 9.84 Å². The van der Waals surface area contributed by atoms with Crippen LogP contribution in [0.5, 0.6) is 0 Å². The van der Waals surface area contributed by atoms with Crippen LogP contribution in [0.3, 0.4) is 0 Å². The van der Waals surface area contributed by atoms with Crippen LogP contribution in [0.2, 0.25) is 0 Å². The molecule has 5 atom stereocenters. The summed E-state index contributed by atoms with van der Waals surface area (Å²) in [5, 5.41) is 13.7. The molecule has 14 nitrogen and oxygen atoms in total. The lowest BCUT2D eigenvalue weighted by Gasteiger charge is -2.52. The van der Waals surface area contributed by atoms with E-state index in [2.05, 4.69) is 5.32 Å². The van der Waals surface area contributed by atoms with Gasteiger partial charge in [-0.3, -0.25) is 24.6 Å². The zero-order valence-corrected chi connectivity index (χ0v) is 27.6. The zero-order valence-electron chi connectivity index (χ0n) is 26.7. The third-order valence-electron chi connectivity index (χ3n) is 8.51. The van der Waals surface area contributed by atoms with E-state index in [1.807, 2.05) is 44.2 Å². The predicted octanol–water partition coefficient (Wildman–Crippen LogP) is 3.26. The molecule has 0 saturated carbocycles. The second kappa shape index (κ2) is 14.9. The second-order valence-electron chi connectivity index (χ2n) is 12.1. The first-order valence-electron chi connectivity index (χ1n) is 15.4. The summed E-state index contributed by atoms with van der Waals surface area (Å²) in [4.78, 5) is 65.7. The number of carbonyl (C=O) groups excluding carboxylic acids is 4. The molecule has 2 aromatic rings. The number of nitro benzene ring substituents is 1. The van der Waals surface area contributed by atoms with Gasteiger partial charge in [0.1, 0.15) is 18.7 Å². The Kier molecular flexibility index (Phi) is 11.2. The molecular formula is C32H40N4O10S. The van der Waals surface area contributed by atoms with Crippen molar-refractivity contribution in [1.82, 2.24) is 15.1 Å². The summed E-state index contributed by atoms with van der Waals surface area (Å²) in [6.07, 6.45) is 0.419. The Labute approximate surface area is 273 Å². The lowest BCUT2D eigenvalue weighted by molar-refractivity contribution is -0.384. The van der Waals surface area contributed by atoms with E-state index in [4.69, 9.17) is 9.47 Å². The number of amides is 3. The number of non-ortho nitro benzene ring substituents is 1. The van der Waals surface area contributed by atoms with Gasteiger partial charge in [-0.1, -0.05) is 44.2 Å². The summed E-state index contributed by atoms with van der Waals surface area (Å²) < 4.78 is 35.5. The molecule has 2 aliphatic rings. The Morgan fingerprint density at radius 3 is 2.32 bits per heavy atom. The molecule has 2 heterocycles. The fourth-order valence-electron chi connectivity index (χ4n) is 6.18. The van der Waals surface area contributed by atoms with Crippen molar-refractivity contribution in [2.75, 3.05) is 26.0 Å². The predicted molar refractivity (Wildman–Crippen MR) is 169 cm³/mol. The highest BCUT2D eigenvalue weighted by atomic mass is 32.2. The number of ether oxygens (including phenoxy) is 2. The van der Waals surface area contributed by atoms with E-state index in [0.717, 1.165) is 29.8 Å². The first-order valence-corrected chi connectivity index (χ1v) is 17.1. The van der Waals surface area contributed by atoms with E-state index in [-0.39, 0.29) is 29.0 Å². The van der Waals surface area contributed by atoms with Crippen molar-refractivity contribution >= 4 is 39.4 Å². The number of nitrogens with one attached hydrogen (secondary N) is 1. The molecule has 15 heteroatoms. The summed E-state index contributed by atoms with van der Waals surface area (Å²) >= 11 is 0. The number of likely N-dealkylation sites (tertiary alicyclic amines) is 2. The van der Waals surface area contributed by atoms with E-state index >= 15 is 0 Å². The van der Waals surface area contributed by atoms with Gasteiger partial charge < -0.3 is 19.7 Å². The maximum Gasteiger partial charge on any atom is 0.410 e. The number of nitro groups is 1. The van der Waals surface area contributed by atoms with Crippen LogP contribution in [0.25, 0.3) is 0 Å². The molecule has 0 bridgehead atoms. The van der Waals surface area contributed by atoms with Crippen molar-refractivity contribution in [1.29, 1.82) is 0 Å². The van der Waals surface area contributed by atoms with Crippen molar-refractivity contribution < 1.29 is 42.0 Å². The molecule has 0 spiro atoms. The Morgan fingerprint density at radius 1 is 1.06 bits per heavy atom. The van der Waals surface area contributed by atoms with Crippen LogP contribution in [-0.2, 0) is 33.7 Å². The van der Waals surface area contributed by atoms with Gasteiger partial charge in [0.05, 0.1) is 34.6 Å². The number of β-lactam (4-membered cyclic amide) rings is 1. The van der Waals surface area contributed by atoms with Gasteiger partial charge in [-0.25, -0.2) is 18.0 Å². The third kappa shape index (κ3) is 7.89. The summed E-state index contributed by atoms with van der Waals surface area (Å²) in [6.45, 7) is 5.36. The number of hydrogen-bond donors (Lipinski definition) is 1. The van der Waals surface area contributed by atoms with Crippen LogP contribution in [0.1, 0.15) is 51.6 Å². The molecule has 2 aromatic carbocycles. The van der Waals surface area contributed by atoms with Gasteiger partial charge in [0.2, 0.25) is 11.8 Å². The minimum atomic E-state index is -3.89. The number of nitrogens with zero attached hydrogens (tertiary/aromatic N) is 3. The lowest BCUT2D eigenvalue weighted by atomic mass is 9.76. The SMILES string of the molecule is COC(=O)[C@H](CC(C)C)N1C(=O)[C@H]([C@H](C)NC(=O)[C@@H]2CCCN2C(=O)OCCS(=O)(=O)c2ccc([N+](=O)[O-])cc2)[C@H]1c1ccccc1. The largest absolute Gasteiger partial charge is 0.467 e. The summed E-state index contributed by atoms with van der Waals surface area (Å²) in [7, 11) is -2.61. The van der Waals surface area contributed by atoms with Crippen LogP contribution in [-0.4, -0.2) is 91.2 Å². The number of carbonyl (C=O) groups is 4. The summed E-state index contributed by atoms with van der Waals surface area (Å²) in [5.74, 6) is -2.40. The van der Waals surface area contributed by atoms with E-state index in [0.29, 0.717) is 19.3 Å². The molecule has 4 rings (SSSR count). The fourth-order valence-corrected chi connectivity index (χ4v) is 7.27. The maximum absolute atomic E-state index is 13.7. The highest BCUT2D eigenvalue weighted by Gasteiger charge is 2.55. The highest BCUT2D eigenvalue weighted by Crippen LogP contribution is 2.44. The van der Waals surface area contributed by atoms with Crippen LogP contribution in [0.4, 0.5) is 10.5 Å². The monoisotopic (exact) mass is 672 g/mol. The average molecular weight is 673 g/mol. The molecule has 0 aromatic heterocycles. The third-order valence-corrected chi connectivity index (χ3v) is 10.2. The van der Waals surface area contributed by atoms with Gasteiger partial charge in [0.25, 0.3) is 5.69 Å². The Bertz CT molecular complexity index is 1580. The van der Waals surface area contributed by atoms with Gasteiger partial charge in [-0.2, -0.15) is 0 Å². The van der Waals surface area contributed by atoms with Crippen molar-refractivity contribution in [2.45, 2.75) is 69.1 Å². The van der Waals surface area contributed by atoms with Gasteiger partial charge in [-0.15, -0.1) is 0 Å². The smallest absolute Gasteiger partial charge is 0.410 e. The van der Waals surface area contributed by atoms with Crippen LogP contribution in [0, 0.1) is 22.0 Å². The van der Waals surface area contributed by atoms with Crippen molar-refractivity contribution in [3.8, 4) is 0 Å². The molecule has 0 aliphatic carbocycles. The standard InChI is InChI=1S/C32H40N4O10S/c1-20(2)19-26(31(39)45-4)35-28(22-9-6-5-7-10-22)27(30(35)38)21(3)33-29(37)25-11-8-16-34(25)32(40)46-17-18-47(43,44)24-14-12-23(13-15-24)36(41)42/h5-7,9-10,12-15,20-21,25-28H,8,11,16-19H2,1-4H3,(H,33,37)/t21-,25-,26-,27+,28+/m0/s1. The first-order chi connectivity index (χ1) is 22.3. The molecule has 0 unspecified atom stereocenters. The summed E-state index contributed by atoms with van der Waals surface area (Å²) in [6, 6.07) is 10.8. The molecule has 254 valence electrons. The Hall–Kier alpha value is -4.53. The number of methoxy groups -OCH3 is 1. The molecule has 3 amide bonds. The van der Waals surface area contributed by atoms with Gasteiger partial charge in [-0.05, 0) is 49.8 Å². The number of rotatable bonds is 13. The van der Waals surface area contributed by atoms with E-state index in [1.54, 1.807) is 11.8 Å². The molecule has 2 aliphatic heterocycles. The molecule has 47 heavy (non-hydrogen) atoms. The molecule has 2 fully saturated rings. The Balaban J connectivity index is 1.40.